The minimum absolute atomic E-state index is 0.0926. The van der Waals surface area contributed by atoms with Gasteiger partial charge in [0.15, 0.2) is 0 Å². The minimum atomic E-state index is 0.0926. The van der Waals surface area contributed by atoms with Crippen molar-refractivity contribution in [3.63, 3.8) is 0 Å². The summed E-state index contributed by atoms with van der Waals surface area (Å²) in [5, 5.41) is 9.00. The highest BCUT2D eigenvalue weighted by atomic mass is 16.3. The van der Waals surface area contributed by atoms with Gasteiger partial charge in [-0.3, -0.25) is 0 Å². The SMILES string of the molecule is O=C[C@H]1[C@H](CO)[C@H]2C=C[C@@H]1C2. The molecular formula is C9H12O2. The van der Waals surface area contributed by atoms with Crippen molar-refractivity contribution in [2.75, 3.05) is 6.61 Å². The second kappa shape index (κ2) is 2.45. The molecule has 0 saturated heterocycles. The number of allylic oxidation sites excluding steroid dienone is 2. The van der Waals surface area contributed by atoms with Crippen LogP contribution in [0.4, 0.5) is 0 Å². The first-order valence-electron chi connectivity index (χ1n) is 4.11. The van der Waals surface area contributed by atoms with Crippen LogP contribution in [0.2, 0.25) is 0 Å². The fourth-order valence-corrected chi connectivity index (χ4v) is 2.42. The van der Waals surface area contributed by atoms with E-state index in [1.807, 2.05) is 0 Å². The van der Waals surface area contributed by atoms with E-state index in [0.717, 1.165) is 12.7 Å². The van der Waals surface area contributed by atoms with Crippen LogP contribution in [0, 0.1) is 23.7 Å². The topological polar surface area (TPSA) is 37.3 Å². The second-order valence-corrected chi connectivity index (χ2v) is 3.51. The maximum Gasteiger partial charge on any atom is 0.124 e. The van der Waals surface area contributed by atoms with Crippen LogP contribution in [0.3, 0.4) is 0 Å². The Morgan fingerprint density at radius 1 is 1.45 bits per heavy atom. The molecule has 0 spiro atoms. The smallest absolute Gasteiger partial charge is 0.124 e. The third-order valence-corrected chi connectivity index (χ3v) is 3.06. The number of rotatable bonds is 2. The molecule has 0 heterocycles. The Morgan fingerprint density at radius 2 is 2.18 bits per heavy atom. The van der Waals surface area contributed by atoms with E-state index in [1.54, 1.807) is 0 Å². The van der Waals surface area contributed by atoms with Crippen LogP contribution in [0.5, 0.6) is 0 Å². The van der Waals surface area contributed by atoms with E-state index in [4.69, 9.17) is 5.11 Å². The number of carbonyl (C=O) groups is 1. The number of fused-ring (bicyclic) bond motifs is 2. The molecule has 2 nitrogen and oxygen atoms in total. The van der Waals surface area contributed by atoms with Crippen molar-refractivity contribution in [3.8, 4) is 0 Å². The first-order chi connectivity index (χ1) is 5.36. The predicted octanol–water partition coefficient (Wildman–Crippen LogP) is 0.616. The van der Waals surface area contributed by atoms with Crippen LogP contribution in [0.1, 0.15) is 6.42 Å². The lowest BCUT2D eigenvalue weighted by Crippen LogP contribution is -2.23. The summed E-state index contributed by atoms with van der Waals surface area (Å²) < 4.78 is 0. The fourth-order valence-electron chi connectivity index (χ4n) is 2.42. The Hall–Kier alpha value is -0.630. The summed E-state index contributed by atoms with van der Waals surface area (Å²) >= 11 is 0. The lowest BCUT2D eigenvalue weighted by molar-refractivity contribution is -0.113. The van der Waals surface area contributed by atoms with Gasteiger partial charge in [-0.25, -0.2) is 0 Å². The number of carbonyl (C=O) groups excluding carboxylic acids is 1. The van der Waals surface area contributed by atoms with Gasteiger partial charge < -0.3 is 9.90 Å². The Balaban J connectivity index is 2.21. The Bertz CT molecular complexity index is 198. The Labute approximate surface area is 65.9 Å². The summed E-state index contributed by atoms with van der Waals surface area (Å²) in [6, 6.07) is 0. The number of hydrogen-bond donors (Lipinski definition) is 1. The molecule has 2 aliphatic rings. The fraction of sp³-hybridized carbons (Fsp3) is 0.667. The highest BCUT2D eigenvalue weighted by Crippen LogP contribution is 2.46. The third kappa shape index (κ3) is 0.857. The van der Waals surface area contributed by atoms with Gasteiger partial charge in [-0.05, 0) is 24.2 Å². The van der Waals surface area contributed by atoms with Gasteiger partial charge in [0.05, 0.1) is 0 Å². The van der Waals surface area contributed by atoms with Crippen molar-refractivity contribution in [2.45, 2.75) is 6.42 Å². The van der Waals surface area contributed by atoms with Crippen molar-refractivity contribution in [1.29, 1.82) is 0 Å². The number of aliphatic hydroxyl groups excluding tert-OH is 1. The molecule has 1 N–H and O–H groups in total. The predicted molar refractivity (Wildman–Crippen MR) is 40.9 cm³/mol. The van der Waals surface area contributed by atoms with Gasteiger partial charge in [0.25, 0.3) is 0 Å². The zero-order valence-corrected chi connectivity index (χ0v) is 6.31. The van der Waals surface area contributed by atoms with E-state index in [1.165, 1.54) is 0 Å². The van der Waals surface area contributed by atoms with Gasteiger partial charge in [0, 0.05) is 12.5 Å². The maximum absolute atomic E-state index is 10.6. The van der Waals surface area contributed by atoms with Gasteiger partial charge in [-0.15, -0.1) is 0 Å². The Morgan fingerprint density at radius 3 is 2.73 bits per heavy atom. The zero-order valence-electron chi connectivity index (χ0n) is 6.31. The molecule has 2 bridgehead atoms. The quantitative estimate of drug-likeness (QED) is 0.465. The van der Waals surface area contributed by atoms with Crippen LogP contribution in [-0.4, -0.2) is 18.0 Å². The molecule has 2 aliphatic carbocycles. The molecule has 2 heteroatoms. The minimum Gasteiger partial charge on any atom is -0.396 e. The van der Waals surface area contributed by atoms with Gasteiger partial charge in [0.2, 0.25) is 0 Å². The molecule has 1 fully saturated rings. The summed E-state index contributed by atoms with van der Waals surface area (Å²) in [6.45, 7) is 0.162. The lowest BCUT2D eigenvalue weighted by Gasteiger charge is -2.20. The summed E-state index contributed by atoms with van der Waals surface area (Å²) in [4.78, 5) is 10.6. The number of aliphatic hydroxyl groups is 1. The van der Waals surface area contributed by atoms with Crippen molar-refractivity contribution in [1.82, 2.24) is 0 Å². The summed E-state index contributed by atoms with van der Waals surface area (Å²) in [5.41, 5.74) is 0. The highest BCUT2D eigenvalue weighted by molar-refractivity contribution is 5.57. The van der Waals surface area contributed by atoms with Gasteiger partial charge in [-0.2, -0.15) is 0 Å². The normalized spacial score (nSPS) is 46.6. The van der Waals surface area contributed by atoms with E-state index in [-0.39, 0.29) is 18.4 Å². The van der Waals surface area contributed by atoms with Crippen LogP contribution >= 0.6 is 0 Å². The van der Waals surface area contributed by atoms with Crippen molar-refractivity contribution >= 4 is 6.29 Å². The van der Waals surface area contributed by atoms with Crippen molar-refractivity contribution in [3.05, 3.63) is 12.2 Å². The maximum atomic E-state index is 10.6. The van der Waals surface area contributed by atoms with E-state index in [2.05, 4.69) is 12.2 Å². The molecule has 60 valence electrons. The largest absolute Gasteiger partial charge is 0.396 e. The van der Waals surface area contributed by atoms with E-state index in [9.17, 15) is 4.79 Å². The highest BCUT2D eigenvalue weighted by Gasteiger charge is 2.43. The van der Waals surface area contributed by atoms with Crippen LogP contribution < -0.4 is 0 Å². The average molecular weight is 152 g/mol. The lowest BCUT2D eigenvalue weighted by atomic mass is 9.85. The van der Waals surface area contributed by atoms with Gasteiger partial charge in [0.1, 0.15) is 6.29 Å². The summed E-state index contributed by atoms with van der Waals surface area (Å²) in [6.07, 6.45) is 6.35. The van der Waals surface area contributed by atoms with E-state index >= 15 is 0 Å². The summed E-state index contributed by atoms with van der Waals surface area (Å²) in [5.74, 6) is 1.20. The van der Waals surface area contributed by atoms with Crippen LogP contribution in [-0.2, 0) is 4.79 Å². The van der Waals surface area contributed by atoms with Gasteiger partial charge >= 0.3 is 0 Å². The van der Waals surface area contributed by atoms with E-state index in [0.29, 0.717) is 11.8 Å². The van der Waals surface area contributed by atoms with Gasteiger partial charge in [-0.1, -0.05) is 12.2 Å². The molecule has 0 aromatic rings. The van der Waals surface area contributed by atoms with Crippen LogP contribution in [0.15, 0.2) is 12.2 Å². The average Bonchev–Trinajstić information content (AvgIpc) is 2.60. The van der Waals surface area contributed by atoms with Crippen molar-refractivity contribution in [2.24, 2.45) is 23.7 Å². The molecular weight excluding hydrogens is 140 g/mol. The molecule has 0 aliphatic heterocycles. The molecule has 0 unspecified atom stereocenters. The van der Waals surface area contributed by atoms with Crippen LogP contribution in [0.25, 0.3) is 0 Å². The monoisotopic (exact) mass is 152 g/mol. The molecule has 0 radical (unpaired) electrons. The molecule has 0 aromatic heterocycles. The Kier molecular flexibility index (Phi) is 1.57. The standard InChI is InChI=1S/C9H12O2/c10-4-8-6-1-2-7(3-6)9(8)5-11/h1-2,4,6-9,11H,3,5H2/t6-,7+,8-,9-/m1/s1. The number of aldehydes is 1. The molecule has 4 atom stereocenters. The zero-order chi connectivity index (χ0) is 7.84. The van der Waals surface area contributed by atoms with Crippen molar-refractivity contribution < 1.29 is 9.90 Å². The molecule has 1 saturated carbocycles. The molecule has 0 aromatic carbocycles. The molecule has 2 rings (SSSR count). The number of hydrogen-bond acceptors (Lipinski definition) is 2. The molecule has 0 amide bonds. The second-order valence-electron chi connectivity index (χ2n) is 3.51. The first kappa shape index (κ1) is 7.04. The molecule has 11 heavy (non-hydrogen) atoms. The van der Waals surface area contributed by atoms with E-state index < -0.39 is 0 Å². The third-order valence-electron chi connectivity index (χ3n) is 3.06. The first-order valence-corrected chi connectivity index (χ1v) is 4.11. The summed E-state index contributed by atoms with van der Waals surface area (Å²) in [7, 11) is 0.